The van der Waals surface area contributed by atoms with Crippen LogP contribution in [0.4, 0.5) is 5.82 Å². The Bertz CT molecular complexity index is 716. The Morgan fingerprint density at radius 1 is 1.21 bits per heavy atom. The summed E-state index contributed by atoms with van der Waals surface area (Å²) in [6.45, 7) is 3.76. The molecule has 0 bridgehead atoms. The first-order chi connectivity index (χ1) is 11.6. The monoisotopic (exact) mass is 345 g/mol. The highest BCUT2D eigenvalue weighted by atomic mass is 35.5. The van der Waals surface area contributed by atoms with E-state index in [2.05, 4.69) is 27.2 Å². The number of carbonyl (C=O) groups is 1. The summed E-state index contributed by atoms with van der Waals surface area (Å²) in [5.74, 6) is 0.564. The van der Waals surface area contributed by atoms with Crippen molar-refractivity contribution in [1.29, 1.82) is 0 Å². The van der Waals surface area contributed by atoms with Crippen LogP contribution in [0.25, 0.3) is 0 Å². The molecule has 2 aromatic rings. The third-order valence-corrected chi connectivity index (χ3v) is 4.46. The third-order valence-electron chi connectivity index (χ3n) is 4.09. The fraction of sp³-hybridized carbons (Fsp3) is 0.353. The molecular formula is C17H20ClN5O. The Morgan fingerprint density at radius 3 is 2.71 bits per heavy atom. The second-order valence-electron chi connectivity index (χ2n) is 5.83. The average Bonchev–Trinajstić information content (AvgIpc) is 2.61. The van der Waals surface area contributed by atoms with Gasteiger partial charge >= 0.3 is 0 Å². The van der Waals surface area contributed by atoms with E-state index in [4.69, 9.17) is 11.6 Å². The zero-order chi connectivity index (χ0) is 16.9. The van der Waals surface area contributed by atoms with E-state index in [0.29, 0.717) is 23.1 Å². The summed E-state index contributed by atoms with van der Waals surface area (Å²) in [7, 11) is 2.06. The summed E-state index contributed by atoms with van der Waals surface area (Å²) < 4.78 is 0. The Morgan fingerprint density at radius 2 is 1.96 bits per heavy atom. The van der Waals surface area contributed by atoms with Crippen LogP contribution in [0.15, 0.2) is 36.7 Å². The fourth-order valence-corrected chi connectivity index (χ4v) is 2.77. The molecule has 1 aliphatic heterocycles. The Labute approximate surface area is 146 Å². The smallest absolute Gasteiger partial charge is 0.272 e. The van der Waals surface area contributed by atoms with E-state index in [1.807, 2.05) is 29.2 Å². The molecule has 1 amide bonds. The minimum absolute atomic E-state index is 0.0497. The van der Waals surface area contributed by atoms with Crippen molar-refractivity contribution in [3.63, 3.8) is 0 Å². The molecule has 3 rings (SSSR count). The van der Waals surface area contributed by atoms with Gasteiger partial charge in [0.25, 0.3) is 5.91 Å². The van der Waals surface area contributed by atoms with E-state index in [1.54, 1.807) is 6.07 Å². The van der Waals surface area contributed by atoms with Crippen molar-refractivity contribution >= 4 is 23.3 Å². The molecule has 0 atom stereocenters. The maximum atomic E-state index is 12.6. The summed E-state index contributed by atoms with van der Waals surface area (Å²) in [5, 5.41) is 3.89. The van der Waals surface area contributed by atoms with E-state index in [9.17, 15) is 4.79 Å². The van der Waals surface area contributed by atoms with Crippen LogP contribution in [0, 0.1) is 0 Å². The van der Waals surface area contributed by atoms with Crippen molar-refractivity contribution in [3.8, 4) is 0 Å². The summed E-state index contributed by atoms with van der Waals surface area (Å²) in [6, 6.07) is 9.32. The van der Waals surface area contributed by atoms with Gasteiger partial charge in [-0.15, -0.1) is 0 Å². The number of nitrogens with one attached hydrogen (secondary N) is 1. The number of likely N-dealkylation sites (N-methyl/N-ethyl adjacent to an activating group) is 1. The lowest BCUT2D eigenvalue weighted by Gasteiger charge is -2.32. The van der Waals surface area contributed by atoms with Gasteiger partial charge < -0.3 is 15.1 Å². The fourth-order valence-electron chi connectivity index (χ4n) is 2.57. The number of benzene rings is 1. The van der Waals surface area contributed by atoms with Crippen LogP contribution in [-0.2, 0) is 6.54 Å². The van der Waals surface area contributed by atoms with Crippen LogP contribution in [0.2, 0.25) is 5.02 Å². The van der Waals surface area contributed by atoms with Crippen LogP contribution in [0.1, 0.15) is 16.1 Å². The zero-order valence-corrected chi connectivity index (χ0v) is 14.3. The van der Waals surface area contributed by atoms with Gasteiger partial charge in [-0.3, -0.25) is 4.79 Å². The van der Waals surface area contributed by atoms with E-state index < -0.39 is 0 Å². The van der Waals surface area contributed by atoms with Crippen molar-refractivity contribution in [1.82, 2.24) is 19.8 Å². The normalized spacial score (nSPS) is 15.3. The number of hydrogen-bond acceptors (Lipinski definition) is 5. The molecule has 0 spiro atoms. The number of rotatable bonds is 4. The van der Waals surface area contributed by atoms with Crippen LogP contribution >= 0.6 is 11.6 Å². The molecule has 1 aromatic carbocycles. The molecule has 0 radical (unpaired) electrons. The van der Waals surface area contributed by atoms with Crippen molar-refractivity contribution in [2.45, 2.75) is 6.54 Å². The van der Waals surface area contributed by atoms with Crippen LogP contribution in [0.5, 0.6) is 0 Å². The predicted molar refractivity (Wildman–Crippen MR) is 94.2 cm³/mol. The van der Waals surface area contributed by atoms with E-state index in [-0.39, 0.29) is 5.91 Å². The molecule has 1 saturated heterocycles. The van der Waals surface area contributed by atoms with E-state index >= 15 is 0 Å². The van der Waals surface area contributed by atoms with Crippen LogP contribution < -0.4 is 5.32 Å². The van der Waals surface area contributed by atoms with Gasteiger partial charge in [0.15, 0.2) is 0 Å². The lowest BCUT2D eigenvalue weighted by Crippen LogP contribution is -2.47. The summed E-state index contributed by atoms with van der Waals surface area (Å²) >= 11 is 6.15. The topological polar surface area (TPSA) is 61.4 Å². The first-order valence-corrected chi connectivity index (χ1v) is 8.28. The van der Waals surface area contributed by atoms with Crippen LogP contribution in [-0.4, -0.2) is 58.9 Å². The van der Waals surface area contributed by atoms with Crippen LogP contribution in [0.3, 0.4) is 0 Å². The number of amides is 1. The number of hydrogen-bond donors (Lipinski definition) is 1. The highest BCUT2D eigenvalue weighted by Crippen LogP contribution is 2.16. The van der Waals surface area contributed by atoms with E-state index in [1.165, 1.54) is 6.33 Å². The van der Waals surface area contributed by atoms with Gasteiger partial charge in [-0.25, -0.2) is 9.97 Å². The Balaban J connectivity index is 1.65. The first kappa shape index (κ1) is 16.7. The third kappa shape index (κ3) is 4.01. The molecular weight excluding hydrogens is 326 g/mol. The molecule has 0 aliphatic carbocycles. The van der Waals surface area contributed by atoms with Crippen molar-refractivity contribution in [2.75, 3.05) is 38.5 Å². The molecule has 6 nitrogen and oxygen atoms in total. The molecule has 1 N–H and O–H groups in total. The van der Waals surface area contributed by atoms with E-state index in [0.717, 1.165) is 31.7 Å². The summed E-state index contributed by atoms with van der Waals surface area (Å²) in [4.78, 5) is 24.9. The lowest BCUT2D eigenvalue weighted by molar-refractivity contribution is 0.0658. The SMILES string of the molecule is CN1CCN(C(=O)c2cc(NCc3ccccc3Cl)ncn2)CC1. The average molecular weight is 346 g/mol. The van der Waals surface area contributed by atoms with Gasteiger partial charge in [-0.05, 0) is 18.7 Å². The lowest BCUT2D eigenvalue weighted by atomic mass is 10.2. The molecule has 126 valence electrons. The number of anilines is 1. The summed E-state index contributed by atoms with van der Waals surface area (Å²) in [5.41, 5.74) is 1.39. The number of nitrogens with zero attached hydrogens (tertiary/aromatic N) is 4. The number of carbonyl (C=O) groups excluding carboxylic acids is 1. The largest absolute Gasteiger partial charge is 0.366 e. The second-order valence-corrected chi connectivity index (χ2v) is 6.24. The predicted octanol–water partition coefficient (Wildman–Crippen LogP) is 2.13. The van der Waals surface area contributed by atoms with Crippen molar-refractivity contribution in [3.05, 3.63) is 52.9 Å². The molecule has 0 unspecified atom stereocenters. The molecule has 7 heteroatoms. The Hall–Kier alpha value is -2.18. The van der Waals surface area contributed by atoms with Gasteiger partial charge in [0, 0.05) is 43.8 Å². The minimum atomic E-state index is -0.0497. The van der Waals surface area contributed by atoms with Gasteiger partial charge in [0.1, 0.15) is 17.8 Å². The van der Waals surface area contributed by atoms with Gasteiger partial charge in [0.2, 0.25) is 0 Å². The molecule has 0 saturated carbocycles. The van der Waals surface area contributed by atoms with Gasteiger partial charge in [-0.1, -0.05) is 29.8 Å². The molecule has 1 aliphatic rings. The highest BCUT2D eigenvalue weighted by Gasteiger charge is 2.21. The maximum Gasteiger partial charge on any atom is 0.272 e. The quantitative estimate of drug-likeness (QED) is 0.919. The number of aromatic nitrogens is 2. The standard InChI is InChI=1S/C17H20ClN5O/c1-22-6-8-23(9-7-22)17(24)15-10-16(21-12-20-15)19-11-13-4-2-3-5-14(13)18/h2-5,10,12H,6-9,11H2,1H3,(H,19,20,21). The zero-order valence-electron chi connectivity index (χ0n) is 13.6. The van der Waals surface area contributed by atoms with Gasteiger partial charge in [0.05, 0.1) is 0 Å². The number of piperazine rings is 1. The minimum Gasteiger partial charge on any atom is -0.366 e. The molecule has 1 fully saturated rings. The molecule has 2 heterocycles. The van der Waals surface area contributed by atoms with Crippen molar-refractivity contribution in [2.24, 2.45) is 0 Å². The second kappa shape index (κ2) is 7.59. The summed E-state index contributed by atoms with van der Waals surface area (Å²) in [6.07, 6.45) is 1.41. The highest BCUT2D eigenvalue weighted by molar-refractivity contribution is 6.31. The van der Waals surface area contributed by atoms with Crippen molar-refractivity contribution < 1.29 is 4.79 Å². The number of halogens is 1. The van der Waals surface area contributed by atoms with Gasteiger partial charge in [-0.2, -0.15) is 0 Å². The maximum absolute atomic E-state index is 12.6. The molecule has 24 heavy (non-hydrogen) atoms. The first-order valence-electron chi connectivity index (χ1n) is 7.90. The molecule has 1 aromatic heterocycles. The Kier molecular flexibility index (Phi) is 5.27.